The van der Waals surface area contributed by atoms with Gasteiger partial charge in [0.05, 0.1) is 5.69 Å². The van der Waals surface area contributed by atoms with Gasteiger partial charge in [-0.2, -0.15) is 0 Å². The number of nitrogen functional groups attached to an aromatic ring is 1. The molecule has 6 heteroatoms. The number of hydrogen-bond acceptors (Lipinski definition) is 3. The minimum absolute atomic E-state index is 0.0311. The van der Waals surface area contributed by atoms with Gasteiger partial charge in [0, 0.05) is 22.2 Å². The Kier molecular flexibility index (Phi) is 6.13. The lowest BCUT2D eigenvalue weighted by Gasteiger charge is -2.13. The van der Waals surface area contributed by atoms with Crippen molar-refractivity contribution in [2.45, 2.75) is 32.4 Å². The summed E-state index contributed by atoms with van der Waals surface area (Å²) in [7, 11) is -1.22. The first kappa shape index (κ1) is 16.6. The molecule has 0 saturated heterocycles. The van der Waals surface area contributed by atoms with E-state index in [-0.39, 0.29) is 11.6 Å². The lowest BCUT2D eigenvalue weighted by molar-refractivity contribution is -0.115. The van der Waals surface area contributed by atoms with Crippen LogP contribution in [0.3, 0.4) is 0 Å². The zero-order chi connectivity index (χ0) is 15.3. The summed E-state index contributed by atoms with van der Waals surface area (Å²) in [6.45, 7) is 5.71. The van der Waals surface area contributed by atoms with Gasteiger partial charge in [0.2, 0.25) is 5.91 Å². The number of anilines is 2. The van der Waals surface area contributed by atoms with Crippen LogP contribution < -0.4 is 11.1 Å². The molecule has 3 N–H and O–H groups in total. The van der Waals surface area contributed by atoms with Crippen molar-refractivity contribution in [2.75, 3.05) is 16.8 Å². The Balaban J connectivity index is 2.61. The van der Waals surface area contributed by atoms with E-state index >= 15 is 0 Å². The molecule has 0 saturated carbocycles. The molecule has 0 aliphatic carbocycles. The van der Waals surface area contributed by atoms with Crippen LogP contribution in [0.15, 0.2) is 18.2 Å². The maximum absolute atomic E-state index is 13.0. The van der Waals surface area contributed by atoms with Crippen molar-refractivity contribution >= 4 is 28.1 Å². The fourth-order valence-corrected chi connectivity index (χ4v) is 2.87. The summed E-state index contributed by atoms with van der Waals surface area (Å²) < 4.78 is 25.0. The quantitative estimate of drug-likeness (QED) is 0.793. The van der Waals surface area contributed by atoms with Crippen LogP contribution in [0.25, 0.3) is 0 Å². The van der Waals surface area contributed by atoms with E-state index in [2.05, 4.69) is 5.32 Å². The highest BCUT2D eigenvalue weighted by atomic mass is 32.2. The first-order chi connectivity index (χ1) is 9.31. The highest BCUT2D eigenvalue weighted by molar-refractivity contribution is 7.86. The van der Waals surface area contributed by atoms with Crippen LogP contribution in [0, 0.1) is 11.7 Å². The number of benzene rings is 1. The van der Waals surface area contributed by atoms with Crippen LogP contribution in [0.4, 0.5) is 15.8 Å². The van der Waals surface area contributed by atoms with Crippen molar-refractivity contribution in [1.82, 2.24) is 0 Å². The topological polar surface area (TPSA) is 72.2 Å². The van der Waals surface area contributed by atoms with Gasteiger partial charge in [0.25, 0.3) is 0 Å². The molecule has 1 aromatic rings. The van der Waals surface area contributed by atoms with Crippen molar-refractivity contribution in [1.29, 1.82) is 0 Å². The Morgan fingerprint density at radius 3 is 2.60 bits per heavy atom. The van der Waals surface area contributed by atoms with Crippen LogP contribution in [0.1, 0.15) is 27.2 Å². The third-order valence-electron chi connectivity index (χ3n) is 2.92. The molecule has 0 aliphatic rings. The summed E-state index contributed by atoms with van der Waals surface area (Å²) >= 11 is 0. The standard InChI is InChI=1S/C14H21FN2O2S/c1-9(2)6-7-20(19)10(3)14(18)17-11-4-5-12(15)13(16)8-11/h4-5,8-10H,6-7,16H2,1-3H3,(H,17,18). The number of amides is 1. The molecule has 1 rings (SSSR count). The van der Waals surface area contributed by atoms with Gasteiger partial charge in [-0.25, -0.2) is 4.39 Å². The van der Waals surface area contributed by atoms with Crippen LogP contribution in [0.5, 0.6) is 0 Å². The van der Waals surface area contributed by atoms with E-state index in [0.29, 0.717) is 17.4 Å². The van der Waals surface area contributed by atoms with Gasteiger partial charge in [0.15, 0.2) is 0 Å². The van der Waals surface area contributed by atoms with Crippen molar-refractivity contribution in [3.8, 4) is 0 Å². The Labute approximate surface area is 121 Å². The first-order valence-corrected chi connectivity index (χ1v) is 7.92. The fourth-order valence-electron chi connectivity index (χ4n) is 1.51. The molecule has 0 spiro atoms. The highest BCUT2D eigenvalue weighted by Crippen LogP contribution is 2.17. The minimum atomic E-state index is -1.22. The zero-order valence-electron chi connectivity index (χ0n) is 12.0. The molecule has 1 aromatic carbocycles. The van der Waals surface area contributed by atoms with Gasteiger partial charge in [-0.3, -0.25) is 9.00 Å². The van der Waals surface area contributed by atoms with E-state index in [1.54, 1.807) is 6.92 Å². The van der Waals surface area contributed by atoms with E-state index in [9.17, 15) is 13.4 Å². The summed E-state index contributed by atoms with van der Waals surface area (Å²) in [5.74, 6) is 0.0680. The maximum Gasteiger partial charge on any atom is 0.239 e. The number of carbonyl (C=O) groups is 1. The van der Waals surface area contributed by atoms with Crippen molar-refractivity contribution in [3.05, 3.63) is 24.0 Å². The second-order valence-corrected chi connectivity index (χ2v) is 7.01. The minimum Gasteiger partial charge on any atom is -0.396 e. The number of nitrogens with two attached hydrogens (primary N) is 1. The zero-order valence-corrected chi connectivity index (χ0v) is 12.8. The number of carbonyl (C=O) groups excluding carboxylic acids is 1. The molecule has 0 fully saturated rings. The largest absolute Gasteiger partial charge is 0.396 e. The average Bonchev–Trinajstić information content (AvgIpc) is 2.39. The van der Waals surface area contributed by atoms with Crippen LogP contribution in [-0.4, -0.2) is 21.1 Å². The van der Waals surface area contributed by atoms with Crippen LogP contribution in [0.2, 0.25) is 0 Å². The molecule has 0 aromatic heterocycles. The molecular formula is C14H21FN2O2S. The van der Waals surface area contributed by atoms with Crippen LogP contribution in [-0.2, 0) is 15.6 Å². The van der Waals surface area contributed by atoms with Crippen LogP contribution >= 0.6 is 0 Å². The Morgan fingerprint density at radius 1 is 1.40 bits per heavy atom. The molecule has 112 valence electrons. The molecule has 2 unspecified atom stereocenters. The number of hydrogen-bond donors (Lipinski definition) is 2. The average molecular weight is 300 g/mol. The summed E-state index contributed by atoms with van der Waals surface area (Å²) in [6, 6.07) is 3.95. The van der Waals surface area contributed by atoms with Crippen molar-refractivity contribution < 1.29 is 13.4 Å². The van der Waals surface area contributed by atoms with Gasteiger partial charge >= 0.3 is 0 Å². The SMILES string of the molecule is CC(C)CCS(=O)C(C)C(=O)Nc1ccc(F)c(N)c1. The van der Waals surface area contributed by atoms with Crippen molar-refractivity contribution in [2.24, 2.45) is 5.92 Å². The first-order valence-electron chi connectivity index (χ1n) is 6.54. The molecule has 0 radical (unpaired) electrons. The summed E-state index contributed by atoms with van der Waals surface area (Å²) in [4.78, 5) is 12.0. The molecule has 0 bridgehead atoms. The summed E-state index contributed by atoms with van der Waals surface area (Å²) in [5, 5.41) is 1.99. The third kappa shape index (κ3) is 4.92. The predicted octanol–water partition coefficient (Wildman–Crippen LogP) is 2.53. The lowest BCUT2D eigenvalue weighted by Crippen LogP contribution is -2.30. The molecule has 2 atom stereocenters. The second-order valence-electron chi connectivity index (χ2n) is 5.14. The Morgan fingerprint density at radius 2 is 2.05 bits per heavy atom. The maximum atomic E-state index is 13.0. The molecule has 20 heavy (non-hydrogen) atoms. The summed E-state index contributed by atoms with van der Waals surface area (Å²) in [6.07, 6.45) is 0.813. The smallest absolute Gasteiger partial charge is 0.239 e. The highest BCUT2D eigenvalue weighted by Gasteiger charge is 2.20. The van der Waals surface area contributed by atoms with Crippen molar-refractivity contribution in [3.63, 3.8) is 0 Å². The molecule has 4 nitrogen and oxygen atoms in total. The van der Waals surface area contributed by atoms with E-state index in [0.717, 1.165) is 6.42 Å². The fraction of sp³-hybridized carbons (Fsp3) is 0.500. The van der Waals surface area contributed by atoms with Gasteiger partial charge in [0.1, 0.15) is 11.1 Å². The lowest BCUT2D eigenvalue weighted by atomic mass is 10.2. The van der Waals surface area contributed by atoms with E-state index in [4.69, 9.17) is 5.73 Å². The monoisotopic (exact) mass is 300 g/mol. The second kappa shape index (κ2) is 7.38. The molecular weight excluding hydrogens is 279 g/mol. The van der Waals surface area contributed by atoms with Gasteiger partial charge in [-0.1, -0.05) is 13.8 Å². The molecule has 0 heterocycles. The van der Waals surface area contributed by atoms with E-state index in [1.807, 2.05) is 13.8 Å². The van der Waals surface area contributed by atoms with Gasteiger partial charge < -0.3 is 11.1 Å². The van der Waals surface area contributed by atoms with Gasteiger partial charge in [-0.15, -0.1) is 0 Å². The summed E-state index contributed by atoms with van der Waals surface area (Å²) in [5.41, 5.74) is 5.80. The Hall–Kier alpha value is -1.43. The predicted molar refractivity (Wildman–Crippen MR) is 81.4 cm³/mol. The van der Waals surface area contributed by atoms with E-state index in [1.165, 1.54) is 18.2 Å². The molecule has 1 amide bonds. The third-order valence-corrected chi connectivity index (χ3v) is 4.56. The Bertz CT molecular complexity index is 506. The van der Waals surface area contributed by atoms with E-state index < -0.39 is 21.9 Å². The molecule has 0 aliphatic heterocycles. The number of rotatable bonds is 6. The van der Waals surface area contributed by atoms with Gasteiger partial charge in [-0.05, 0) is 37.5 Å². The number of halogens is 1. The number of nitrogens with one attached hydrogen (secondary N) is 1. The normalized spacial score (nSPS) is 14.1.